The van der Waals surface area contributed by atoms with E-state index < -0.39 is 17.6 Å². The molecule has 7 nitrogen and oxygen atoms in total. The zero-order valence-electron chi connectivity index (χ0n) is 20.6. The first-order chi connectivity index (χ1) is 16.1. The van der Waals surface area contributed by atoms with Gasteiger partial charge in [-0.15, -0.1) is 0 Å². The van der Waals surface area contributed by atoms with Crippen molar-refractivity contribution in [1.29, 1.82) is 0 Å². The minimum absolute atomic E-state index is 0.00219. The fraction of sp³-hybridized carbons (Fsp3) is 0.741. The molecule has 4 aliphatic carbocycles. The topological polar surface area (TPSA) is 99.4 Å². The maximum atomic E-state index is 12.4. The predicted molar refractivity (Wildman–Crippen MR) is 128 cm³/mol. The Labute approximate surface area is 201 Å². The number of carboxylic acids is 1. The van der Waals surface area contributed by atoms with Gasteiger partial charge in [0, 0.05) is 12.0 Å². The highest BCUT2D eigenvalue weighted by molar-refractivity contribution is 6.05. The zero-order valence-corrected chi connectivity index (χ0v) is 20.6. The van der Waals surface area contributed by atoms with Crippen LogP contribution >= 0.6 is 0 Å². The smallest absolute Gasteiger partial charge is 0.326 e. The molecule has 7 atom stereocenters. The number of aliphatic carboxylic acids is 1. The first-order valence-electron chi connectivity index (χ1n) is 12.9. The third kappa shape index (κ3) is 3.53. The van der Waals surface area contributed by atoms with Gasteiger partial charge < -0.3 is 20.0 Å². The second-order valence-corrected chi connectivity index (χ2v) is 11.8. The highest BCUT2D eigenvalue weighted by Crippen LogP contribution is 2.66. The average Bonchev–Trinajstić information content (AvgIpc) is 3.37. The quantitative estimate of drug-likeness (QED) is 0.607. The molecule has 0 spiro atoms. The molecule has 0 aromatic rings. The molecule has 2 N–H and O–H groups in total. The summed E-state index contributed by atoms with van der Waals surface area (Å²) in [5, 5.41) is 24.6. The molecule has 7 heteroatoms. The number of aliphatic hydroxyl groups is 1. The second-order valence-electron chi connectivity index (χ2n) is 11.8. The van der Waals surface area contributed by atoms with E-state index in [-0.39, 0.29) is 23.3 Å². The van der Waals surface area contributed by atoms with E-state index in [2.05, 4.69) is 31.2 Å². The van der Waals surface area contributed by atoms with Crippen LogP contribution in [-0.4, -0.2) is 57.5 Å². The highest BCUT2D eigenvalue weighted by Gasteiger charge is 2.62. The number of hydrogen-bond acceptors (Lipinski definition) is 5. The number of rotatable bonds is 4. The molecule has 1 heterocycles. The van der Waals surface area contributed by atoms with Gasteiger partial charge in [0.05, 0.1) is 5.60 Å². The van der Waals surface area contributed by atoms with Gasteiger partial charge in [-0.3, -0.25) is 4.79 Å². The van der Waals surface area contributed by atoms with E-state index in [0.29, 0.717) is 42.9 Å². The molecule has 34 heavy (non-hydrogen) atoms. The molecular weight excluding hydrogens is 432 g/mol. The van der Waals surface area contributed by atoms with Crippen LogP contribution in [0.1, 0.15) is 72.1 Å². The molecule has 0 aromatic carbocycles. The van der Waals surface area contributed by atoms with E-state index in [4.69, 9.17) is 4.84 Å². The molecule has 0 bridgehead atoms. The predicted octanol–water partition coefficient (Wildman–Crippen LogP) is 3.92. The summed E-state index contributed by atoms with van der Waals surface area (Å²) in [4.78, 5) is 30.5. The van der Waals surface area contributed by atoms with Crippen molar-refractivity contribution >= 4 is 17.6 Å². The highest BCUT2D eigenvalue weighted by atomic mass is 16.6. The number of allylic oxidation sites excluding steroid dienone is 4. The van der Waals surface area contributed by atoms with Crippen LogP contribution in [0.2, 0.25) is 0 Å². The van der Waals surface area contributed by atoms with Gasteiger partial charge in [0.25, 0.3) is 5.91 Å². The van der Waals surface area contributed by atoms with Crippen molar-refractivity contribution in [2.45, 2.75) is 83.8 Å². The van der Waals surface area contributed by atoms with Crippen molar-refractivity contribution in [1.82, 2.24) is 4.90 Å². The first-order valence-corrected chi connectivity index (χ1v) is 12.9. The molecule has 186 valence electrons. The summed E-state index contributed by atoms with van der Waals surface area (Å²) in [5.74, 6) is 0.496. The van der Waals surface area contributed by atoms with Crippen LogP contribution in [0.3, 0.4) is 0 Å². The summed E-state index contributed by atoms with van der Waals surface area (Å²) >= 11 is 0. The molecule has 5 aliphatic rings. The third-order valence-corrected chi connectivity index (χ3v) is 10.3. The van der Waals surface area contributed by atoms with E-state index in [1.807, 2.05) is 13.0 Å². The summed E-state index contributed by atoms with van der Waals surface area (Å²) in [6, 6.07) is -0.753. The molecule has 4 fully saturated rings. The number of amides is 1. The molecule has 0 unspecified atom stereocenters. The van der Waals surface area contributed by atoms with Crippen LogP contribution in [0, 0.1) is 28.6 Å². The number of likely N-dealkylation sites (tertiary alicyclic amines) is 1. The summed E-state index contributed by atoms with van der Waals surface area (Å²) in [7, 11) is 0. The Hall–Kier alpha value is -2.15. The molecule has 1 saturated heterocycles. The molecule has 3 saturated carbocycles. The Kier molecular flexibility index (Phi) is 5.70. The van der Waals surface area contributed by atoms with Gasteiger partial charge in [0.1, 0.15) is 11.8 Å². The molecule has 1 aliphatic heterocycles. The Bertz CT molecular complexity index is 968. The molecule has 0 radical (unpaired) electrons. The maximum Gasteiger partial charge on any atom is 0.326 e. The van der Waals surface area contributed by atoms with E-state index in [9.17, 15) is 19.8 Å². The van der Waals surface area contributed by atoms with E-state index in [1.165, 1.54) is 10.5 Å². The largest absolute Gasteiger partial charge is 0.480 e. The number of carbonyl (C=O) groups excluding carboxylic acids is 1. The van der Waals surface area contributed by atoms with Crippen molar-refractivity contribution in [3.05, 3.63) is 23.8 Å². The van der Waals surface area contributed by atoms with Crippen LogP contribution in [0.5, 0.6) is 0 Å². The molecule has 0 aromatic heterocycles. The lowest BCUT2D eigenvalue weighted by Crippen LogP contribution is -2.53. The normalized spacial score (nSPS) is 44.3. The Morgan fingerprint density at radius 2 is 1.91 bits per heavy atom. The third-order valence-electron chi connectivity index (χ3n) is 10.3. The van der Waals surface area contributed by atoms with Gasteiger partial charge in [-0.25, -0.2) is 4.79 Å². The Morgan fingerprint density at radius 1 is 1.15 bits per heavy atom. The van der Waals surface area contributed by atoms with Crippen LogP contribution in [0.15, 0.2) is 29.0 Å². The summed E-state index contributed by atoms with van der Waals surface area (Å²) in [6.07, 6.45) is 14.0. The number of nitrogens with zero attached hydrogens (tertiary/aromatic N) is 2. The number of hydrogen-bond donors (Lipinski definition) is 2. The number of carboxylic acid groups (broad SMARTS) is 1. The second kappa shape index (κ2) is 8.21. The monoisotopic (exact) mass is 470 g/mol. The fourth-order valence-electron chi connectivity index (χ4n) is 8.07. The minimum atomic E-state index is -0.962. The van der Waals surface area contributed by atoms with Crippen LogP contribution < -0.4 is 0 Å². The van der Waals surface area contributed by atoms with Crippen LogP contribution in [0.25, 0.3) is 0 Å². The van der Waals surface area contributed by atoms with Crippen LogP contribution in [0.4, 0.5) is 0 Å². The Balaban J connectivity index is 1.25. The first kappa shape index (κ1) is 23.6. The van der Waals surface area contributed by atoms with E-state index >= 15 is 0 Å². The maximum absolute atomic E-state index is 12.4. The van der Waals surface area contributed by atoms with Gasteiger partial charge in [0.2, 0.25) is 0 Å². The Morgan fingerprint density at radius 3 is 2.68 bits per heavy atom. The van der Waals surface area contributed by atoms with Crippen LogP contribution in [-0.2, 0) is 14.4 Å². The lowest BCUT2D eigenvalue weighted by Gasteiger charge is -2.58. The number of fused-ring (bicyclic) bond motifs is 5. The van der Waals surface area contributed by atoms with Crippen molar-refractivity contribution in [3.8, 4) is 0 Å². The van der Waals surface area contributed by atoms with E-state index in [1.54, 1.807) is 0 Å². The van der Waals surface area contributed by atoms with E-state index in [0.717, 1.165) is 38.5 Å². The van der Waals surface area contributed by atoms with Gasteiger partial charge in [0.15, 0.2) is 6.61 Å². The van der Waals surface area contributed by atoms with Crippen molar-refractivity contribution in [3.63, 3.8) is 0 Å². The average molecular weight is 471 g/mol. The SMILES string of the molecule is C[C@]12C=C/C(=N\OCC(=O)N3CCC[C@@H]3C(=O)O)C=C1CC[C@@H]1[C@@H]2CC[C@@]2(C)[C@H]1CC[C@]2(C)O. The molecule has 1 amide bonds. The fourth-order valence-corrected chi connectivity index (χ4v) is 8.07. The number of carbonyl (C=O) groups is 2. The van der Waals surface area contributed by atoms with Gasteiger partial charge >= 0.3 is 5.97 Å². The summed E-state index contributed by atoms with van der Waals surface area (Å²) < 4.78 is 0. The number of oxime groups is 1. The van der Waals surface area contributed by atoms with Gasteiger partial charge in [-0.2, -0.15) is 0 Å². The lowest BCUT2D eigenvalue weighted by molar-refractivity contribution is -0.150. The zero-order chi connectivity index (χ0) is 24.3. The molecule has 5 rings (SSSR count). The lowest BCUT2D eigenvalue weighted by atomic mass is 9.47. The van der Waals surface area contributed by atoms with Crippen molar-refractivity contribution in [2.24, 2.45) is 33.7 Å². The summed E-state index contributed by atoms with van der Waals surface area (Å²) in [5.41, 5.74) is 1.54. The van der Waals surface area contributed by atoms with Crippen molar-refractivity contribution in [2.75, 3.05) is 13.2 Å². The standard InChI is InChI=1S/C27H38N2O5/c1-25-11-8-18(28-34-16-23(30)29-14-4-5-22(29)24(31)32)15-17(25)6-7-19-20(25)9-12-26(2)21(19)10-13-27(26,3)33/h8,11,15,19-22,33H,4-7,9-10,12-14,16H2,1-3H3,(H,31,32)/b28-18+/t19-,20+,21+,22-,25+,26+,27+/m1/s1. The van der Waals surface area contributed by atoms with Gasteiger partial charge in [-0.1, -0.05) is 30.7 Å². The molecular formula is C27H38N2O5. The van der Waals surface area contributed by atoms with Gasteiger partial charge in [-0.05, 0) is 93.6 Å². The van der Waals surface area contributed by atoms with Crippen molar-refractivity contribution < 1.29 is 24.6 Å². The summed E-state index contributed by atoms with van der Waals surface area (Å²) in [6.45, 7) is 6.92. The minimum Gasteiger partial charge on any atom is -0.480 e.